The van der Waals surface area contributed by atoms with Gasteiger partial charge in [0.15, 0.2) is 0 Å². The molecule has 0 fully saturated rings. The Morgan fingerprint density at radius 1 is 1.28 bits per heavy atom. The topological polar surface area (TPSA) is 80.0 Å². The average molecular weight is 342 g/mol. The van der Waals surface area contributed by atoms with Gasteiger partial charge in [0, 0.05) is 30.1 Å². The Hall–Kier alpha value is -2.21. The molecule has 0 radical (unpaired) electrons. The Morgan fingerprint density at radius 3 is 2.92 bits per heavy atom. The molecule has 0 aliphatic heterocycles. The van der Waals surface area contributed by atoms with Crippen LogP contribution in [0.2, 0.25) is 0 Å². The van der Waals surface area contributed by atoms with Crippen molar-refractivity contribution in [2.45, 2.75) is 52.0 Å². The van der Waals surface area contributed by atoms with Crippen molar-refractivity contribution in [1.82, 2.24) is 20.1 Å². The molecule has 0 unspecified atom stereocenters. The standard InChI is InChI=1S/C19H26N4O2/c1-2-3-4-9-20-10-5-12-23-18(19(24)25)16-7-6-14-13-21-11-8-15(14)17(16)22-23/h8,11,13,20H,2-7,9-10,12H2,1H3,(H,24,25). The number of rotatable bonds is 9. The van der Waals surface area contributed by atoms with E-state index in [0.717, 1.165) is 48.3 Å². The van der Waals surface area contributed by atoms with Gasteiger partial charge in [0.05, 0.1) is 5.69 Å². The Morgan fingerprint density at radius 2 is 2.12 bits per heavy atom. The summed E-state index contributed by atoms with van der Waals surface area (Å²) in [6.45, 7) is 4.72. The number of carboxylic acid groups (broad SMARTS) is 1. The molecule has 2 aromatic rings. The van der Waals surface area contributed by atoms with Gasteiger partial charge in [0.2, 0.25) is 0 Å². The molecule has 0 atom stereocenters. The molecule has 6 nitrogen and oxygen atoms in total. The number of aryl methyl sites for hydroxylation is 2. The van der Waals surface area contributed by atoms with E-state index in [4.69, 9.17) is 0 Å². The molecular formula is C19H26N4O2. The third kappa shape index (κ3) is 3.90. The van der Waals surface area contributed by atoms with Crippen LogP contribution in [0.4, 0.5) is 0 Å². The number of carbonyl (C=O) groups is 1. The van der Waals surface area contributed by atoms with E-state index in [2.05, 4.69) is 22.3 Å². The number of pyridine rings is 1. The summed E-state index contributed by atoms with van der Waals surface area (Å²) in [5.41, 5.74) is 4.20. The lowest BCUT2D eigenvalue weighted by molar-refractivity contribution is 0.0681. The van der Waals surface area contributed by atoms with Gasteiger partial charge in [0.25, 0.3) is 0 Å². The number of hydrogen-bond donors (Lipinski definition) is 2. The summed E-state index contributed by atoms with van der Waals surface area (Å²) in [4.78, 5) is 16.0. The smallest absolute Gasteiger partial charge is 0.354 e. The van der Waals surface area contributed by atoms with Gasteiger partial charge in [0.1, 0.15) is 5.69 Å². The summed E-state index contributed by atoms with van der Waals surface area (Å²) >= 11 is 0. The predicted octanol–water partition coefficient (Wildman–Crippen LogP) is 2.91. The molecule has 0 spiro atoms. The molecule has 0 saturated carbocycles. The molecule has 25 heavy (non-hydrogen) atoms. The number of aromatic nitrogens is 3. The first-order valence-corrected chi connectivity index (χ1v) is 9.19. The zero-order chi connectivity index (χ0) is 17.6. The summed E-state index contributed by atoms with van der Waals surface area (Å²) in [6.07, 6.45) is 9.67. The van der Waals surface area contributed by atoms with Crippen LogP contribution in [0.3, 0.4) is 0 Å². The van der Waals surface area contributed by atoms with Gasteiger partial charge in [-0.2, -0.15) is 5.10 Å². The minimum atomic E-state index is -0.887. The first-order chi connectivity index (χ1) is 12.2. The van der Waals surface area contributed by atoms with Crippen LogP contribution in [0.15, 0.2) is 18.5 Å². The van der Waals surface area contributed by atoms with E-state index in [1.165, 1.54) is 19.3 Å². The van der Waals surface area contributed by atoms with E-state index in [9.17, 15) is 9.90 Å². The highest BCUT2D eigenvalue weighted by Crippen LogP contribution is 2.34. The van der Waals surface area contributed by atoms with Gasteiger partial charge < -0.3 is 10.4 Å². The fourth-order valence-corrected chi connectivity index (χ4v) is 3.45. The van der Waals surface area contributed by atoms with Crippen molar-refractivity contribution in [2.24, 2.45) is 0 Å². The van der Waals surface area contributed by atoms with Gasteiger partial charge >= 0.3 is 5.97 Å². The maximum Gasteiger partial charge on any atom is 0.354 e. The van der Waals surface area contributed by atoms with Crippen molar-refractivity contribution in [1.29, 1.82) is 0 Å². The summed E-state index contributed by atoms with van der Waals surface area (Å²) in [5.74, 6) is -0.887. The lowest BCUT2D eigenvalue weighted by atomic mass is 9.90. The molecule has 0 bridgehead atoms. The molecule has 0 saturated heterocycles. The van der Waals surface area contributed by atoms with E-state index in [0.29, 0.717) is 18.7 Å². The molecule has 0 amide bonds. The van der Waals surface area contributed by atoms with Crippen LogP contribution < -0.4 is 5.32 Å². The molecule has 1 aliphatic carbocycles. The number of unbranched alkanes of at least 4 members (excludes halogenated alkanes) is 2. The van der Waals surface area contributed by atoms with Crippen LogP contribution in [0.1, 0.15) is 54.2 Å². The van der Waals surface area contributed by atoms with E-state index < -0.39 is 5.97 Å². The van der Waals surface area contributed by atoms with Gasteiger partial charge in [-0.15, -0.1) is 0 Å². The number of fused-ring (bicyclic) bond motifs is 3. The van der Waals surface area contributed by atoms with Crippen LogP contribution in [0.5, 0.6) is 0 Å². The largest absolute Gasteiger partial charge is 0.477 e. The number of nitrogens with one attached hydrogen (secondary N) is 1. The number of nitrogens with zero attached hydrogens (tertiary/aromatic N) is 3. The van der Waals surface area contributed by atoms with Gasteiger partial charge in [-0.05, 0) is 50.4 Å². The van der Waals surface area contributed by atoms with Crippen molar-refractivity contribution >= 4 is 5.97 Å². The maximum absolute atomic E-state index is 11.8. The third-order valence-electron chi connectivity index (χ3n) is 4.74. The zero-order valence-corrected chi connectivity index (χ0v) is 14.8. The molecule has 134 valence electrons. The molecule has 3 rings (SSSR count). The quantitative estimate of drug-likeness (QED) is 0.685. The summed E-state index contributed by atoms with van der Waals surface area (Å²) in [5, 5.41) is 17.7. The number of aromatic carboxylic acids is 1. The normalized spacial score (nSPS) is 12.7. The predicted molar refractivity (Wildman–Crippen MR) is 96.8 cm³/mol. The number of carboxylic acids is 1. The fraction of sp³-hybridized carbons (Fsp3) is 0.526. The van der Waals surface area contributed by atoms with E-state index in [1.807, 2.05) is 12.3 Å². The second-order valence-corrected chi connectivity index (χ2v) is 6.55. The van der Waals surface area contributed by atoms with Crippen LogP contribution in [-0.2, 0) is 19.4 Å². The Labute approximate surface area is 148 Å². The van der Waals surface area contributed by atoms with Gasteiger partial charge in [-0.1, -0.05) is 19.8 Å². The van der Waals surface area contributed by atoms with Crippen LogP contribution in [0.25, 0.3) is 11.3 Å². The van der Waals surface area contributed by atoms with Gasteiger partial charge in [-0.3, -0.25) is 9.67 Å². The Balaban J connectivity index is 1.71. The maximum atomic E-state index is 11.8. The molecule has 2 aromatic heterocycles. The van der Waals surface area contributed by atoms with E-state index in [1.54, 1.807) is 10.9 Å². The highest BCUT2D eigenvalue weighted by atomic mass is 16.4. The van der Waals surface area contributed by atoms with E-state index >= 15 is 0 Å². The third-order valence-corrected chi connectivity index (χ3v) is 4.74. The number of hydrogen-bond acceptors (Lipinski definition) is 4. The second kappa shape index (κ2) is 8.25. The van der Waals surface area contributed by atoms with Crippen molar-refractivity contribution in [2.75, 3.05) is 13.1 Å². The van der Waals surface area contributed by atoms with Gasteiger partial charge in [-0.25, -0.2) is 4.79 Å². The van der Waals surface area contributed by atoms with E-state index in [-0.39, 0.29) is 0 Å². The minimum Gasteiger partial charge on any atom is -0.477 e. The molecule has 1 aliphatic rings. The molecule has 6 heteroatoms. The highest BCUT2D eigenvalue weighted by Gasteiger charge is 2.27. The Kier molecular flexibility index (Phi) is 5.81. The van der Waals surface area contributed by atoms with Crippen molar-refractivity contribution in [3.05, 3.63) is 35.3 Å². The lowest BCUT2D eigenvalue weighted by Crippen LogP contribution is -2.20. The molecule has 0 aromatic carbocycles. The van der Waals surface area contributed by atoms with Crippen molar-refractivity contribution < 1.29 is 9.90 Å². The van der Waals surface area contributed by atoms with Crippen LogP contribution in [0, 0.1) is 0 Å². The van der Waals surface area contributed by atoms with Crippen LogP contribution >= 0.6 is 0 Å². The summed E-state index contributed by atoms with van der Waals surface area (Å²) in [6, 6.07) is 1.94. The SMILES string of the molecule is CCCCCNCCCn1nc2c(c1C(=O)O)CCc1cnccc1-2. The zero-order valence-electron chi connectivity index (χ0n) is 14.8. The Bertz CT molecular complexity index is 739. The summed E-state index contributed by atoms with van der Waals surface area (Å²) in [7, 11) is 0. The average Bonchev–Trinajstić information content (AvgIpc) is 3.00. The minimum absolute atomic E-state index is 0.350. The van der Waals surface area contributed by atoms with Crippen molar-refractivity contribution in [3.63, 3.8) is 0 Å². The summed E-state index contributed by atoms with van der Waals surface area (Å²) < 4.78 is 1.68. The molecule has 2 heterocycles. The van der Waals surface area contributed by atoms with Crippen molar-refractivity contribution in [3.8, 4) is 11.3 Å². The molecular weight excluding hydrogens is 316 g/mol. The highest BCUT2D eigenvalue weighted by molar-refractivity contribution is 5.90. The molecule has 2 N–H and O–H groups in total. The second-order valence-electron chi connectivity index (χ2n) is 6.55. The first kappa shape index (κ1) is 17.6. The fourth-order valence-electron chi connectivity index (χ4n) is 3.45. The monoisotopic (exact) mass is 342 g/mol. The van der Waals surface area contributed by atoms with Crippen LogP contribution in [-0.4, -0.2) is 38.9 Å². The lowest BCUT2D eigenvalue weighted by Gasteiger charge is -2.14. The first-order valence-electron chi connectivity index (χ1n) is 9.19.